The van der Waals surface area contributed by atoms with E-state index in [1.165, 1.54) is 11.1 Å². The maximum Gasteiger partial charge on any atom is 0.0868 e. The average molecular weight is 278 g/mol. The van der Waals surface area contributed by atoms with Crippen LogP contribution in [0.5, 0.6) is 0 Å². The van der Waals surface area contributed by atoms with Crippen LogP contribution in [0, 0.1) is 13.8 Å². The van der Waals surface area contributed by atoms with E-state index in [9.17, 15) is 0 Å². The number of aromatic nitrogens is 2. The molecule has 0 bridgehead atoms. The molecule has 0 radical (unpaired) electrons. The molecule has 1 aromatic carbocycles. The first-order chi connectivity index (χ1) is 9.04. The molecule has 0 aliphatic rings. The Balaban J connectivity index is 2.19. The van der Waals surface area contributed by atoms with Gasteiger partial charge < -0.3 is 5.32 Å². The van der Waals surface area contributed by atoms with Crippen molar-refractivity contribution in [1.29, 1.82) is 0 Å². The minimum absolute atomic E-state index is 0.687. The highest BCUT2D eigenvalue weighted by Crippen LogP contribution is 2.23. The highest BCUT2D eigenvalue weighted by atomic mass is 35.5. The molecule has 0 amide bonds. The molecule has 0 aliphatic carbocycles. The maximum atomic E-state index is 6.34. The predicted molar refractivity (Wildman–Crippen MR) is 80.8 cm³/mol. The second-order valence-electron chi connectivity index (χ2n) is 4.79. The third-order valence-corrected chi connectivity index (χ3v) is 3.99. The molecule has 1 heterocycles. The van der Waals surface area contributed by atoms with Crippen LogP contribution in [0.25, 0.3) is 0 Å². The lowest BCUT2D eigenvalue weighted by Gasteiger charge is -2.11. The van der Waals surface area contributed by atoms with Crippen molar-refractivity contribution >= 4 is 17.3 Å². The molecular formula is C15H20ClN3. The molecule has 2 aromatic rings. The number of rotatable bonds is 4. The summed E-state index contributed by atoms with van der Waals surface area (Å²) >= 11 is 6.34. The summed E-state index contributed by atoms with van der Waals surface area (Å²) in [6.07, 6.45) is 0.857. The Morgan fingerprint density at radius 1 is 1.32 bits per heavy atom. The summed E-state index contributed by atoms with van der Waals surface area (Å²) < 4.78 is 1.86. The number of benzene rings is 1. The Morgan fingerprint density at radius 2 is 2.05 bits per heavy atom. The first-order valence-electron chi connectivity index (χ1n) is 6.55. The van der Waals surface area contributed by atoms with Gasteiger partial charge in [0.1, 0.15) is 0 Å². The molecule has 0 aliphatic heterocycles. The molecule has 0 atom stereocenters. The molecular weight excluding hydrogens is 258 g/mol. The van der Waals surface area contributed by atoms with E-state index in [2.05, 4.69) is 49.4 Å². The average Bonchev–Trinajstić information content (AvgIpc) is 2.66. The second-order valence-corrected chi connectivity index (χ2v) is 5.16. The third kappa shape index (κ3) is 2.76. The van der Waals surface area contributed by atoms with Crippen LogP contribution in [0.1, 0.15) is 29.4 Å². The number of aryl methyl sites for hydroxylation is 3. The van der Waals surface area contributed by atoms with E-state index < -0.39 is 0 Å². The Kier molecular flexibility index (Phi) is 4.15. The number of halogens is 1. The number of anilines is 1. The normalized spacial score (nSPS) is 10.8. The van der Waals surface area contributed by atoms with Gasteiger partial charge in [-0.05, 0) is 37.5 Å². The number of nitrogens with one attached hydrogen (secondary N) is 1. The van der Waals surface area contributed by atoms with Crippen molar-refractivity contribution in [3.63, 3.8) is 0 Å². The van der Waals surface area contributed by atoms with E-state index in [0.717, 1.165) is 28.5 Å². The van der Waals surface area contributed by atoms with Gasteiger partial charge in [0.05, 0.1) is 23.0 Å². The molecule has 0 saturated carbocycles. The van der Waals surface area contributed by atoms with Gasteiger partial charge >= 0.3 is 0 Å². The van der Waals surface area contributed by atoms with Crippen LogP contribution in [0.15, 0.2) is 18.2 Å². The first-order valence-corrected chi connectivity index (χ1v) is 6.92. The predicted octanol–water partition coefficient (Wildman–Crippen LogP) is 3.86. The fourth-order valence-corrected chi connectivity index (χ4v) is 2.49. The summed E-state index contributed by atoms with van der Waals surface area (Å²) in [5, 5.41) is 8.65. The lowest BCUT2D eigenvalue weighted by Crippen LogP contribution is -2.07. The summed E-state index contributed by atoms with van der Waals surface area (Å²) in [6.45, 7) is 7.00. The topological polar surface area (TPSA) is 29.9 Å². The van der Waals surface area contributed by atoms with Crippen LogP contribution in [0.4, 0.5) is 5.69 Å². The zero-order chi connectivity index (χ0) is 14.0. The van der Waals surface area contributed by atoms with Gasteiger partial charge in [0.15, 0.2) is 0 Å². The van der Waals surface area contributed by atoms with E-state index in [1.807, 2.05) is 11.7 Å². The van der Waals surface area contributed by atoms with E-state index in [0.29, 0.717) is 6.54 Å². The number of hydrogen-bond acceptors (Lipinski definition) is 2. The van der Waals surface area contributed by atoms with Crippen LogP contribution < -0.4 is 5.32 Å². The summed E-state index contributed by atoms with van der Waals surface area (Å²) in [4.78, 5) is 0. The van der Waals surface area contributed by atoms with Crippen molar-refractivity contribution < 1.29 is 0 Å². The van der Waals surface area contributed by atoms with Gasteiger partial charge in [-0.15, -0.1) is 0 Å². The van der Waals surface area contributed by atoms with Crippen LogP contribution in [-0.2, 0) is 20.0 Å². The third-order valence-electron chi connectivity index (χ3n) is 3.55. The molecule has 19 heavy (non-hydrogen) atoms. The van der Waals surface area contributed by atoms with Crippen LogP contribution in [0.2, 0.25) is 5.02 Å². The minimum Gasteiger partial charge on any atom is -0.379 e. The monoisotopic (exact) mass is 277 g/mol. The Morgan fingerprint density at radius 3 is 2.68 bits per heavy atom. The summed E-state index contributed by atoms with van der Waals surface area (Å²) in [5.41, 5.74) is 5.70. The highest BCUT2D eigenvalue weighted by molar-refractivity contribution is 6.31. The first kappa shape index (κ1) is 13.9. The van der Waals surface area contributed by atoms with E-state index in [4.69, 9.17) is 11.6 Å². The summed E-state index contributed by atoms with van der Waals surface area (Å²) in [7, 11) is 1.94. The van der Waals surface area contributed by atoms with Crippen molar-refractivity contribution in [1.82, 2.24) is 9.78 Å². The molecule has 0 fully saturated rings. The van der Waals surface area contributed by atoms with E-state index in [-0.39, 0.29) is 0 Å². The smallest absolute Gasteiger partial charge is 0.0868 e. The van der Waals surface area contributed by atoms with Gasteiger partial charge in [0, 0.05) is 12.7 Å². The fourth-order valence-electron chi connectivity index (χ4n) is 2.13. The number of nitrogens with zero attached hydrogens (tertiary/aromatic N) is 2. The zero-order valence-electron chi connectivity index (χ0n) is 11.9. The summed E-state index contributed by atoms with van der Waals surface area (Å²) in [6, 6.07) is 6.27. The largest absolute Gasteiger partial charge is 0.379 e. The Bertz CT molecular complexity index is 587. The molecule has 1 N–H and O–H groups in total. The maximum absolute atomic E-state index is 6.34. The van der Waals surface area contributed by atoms with Gasteiger partial charge in [-0.1, -0.05) is 30.7 Å². The minimum atomic E-state index is 0.687. The zero-order valence-corrected chi connectivity index (χ0v) is 12.7. The van der Waals surface area contributed by atoms with Gasteiger partial charge in [-0.3, -0.25) is 4.68 Å². The standard InChI is InChI=1S/C15H20ClN3/c1-5-12-15(16)14(19(4)18-12)9-17-13-8-6-7-10(2)11(13)3/h6-8,17H,5,9H2,1-4H3. The van der Waals surface area contributed by atoms with Crippen LogP contribution >= 0.6 is 11.6 Å². The van der Waals surface area contributed by atoms with Crippen LogP contribution in [-0.4, -0.2) is 9.78 Å². The molecule has 0 saturated heterocycles. The van der Waals surface area contributed by atoms with Crippen molar-refractivity contribution in [2.24, 2.45) is 7.05 Å². The van der Waals surface area contributed by atoms with Gasteiger partial charge in [-0.25, -0.2) is 0 Å². The number of hydrogen-bond donors (Lipinski definition) is 1. The highest BCUT2D eigenvalue weighted by Gasteiger charge is 2.12. The summed E-state index contributed by atoms with van der Waals surface area (Å²) in [5.74, 6) is 0. The van der Waals surface area contributed by atoms with Gasteiger partial charge in [0.25, 0.3) is 0 Å². The molecule has 1 aromatic heterocycles. The van der Waals surface area contributed by atoms with Crippen molar-refractivity contribution in [2.75, 3.05) is 5.32 Å². The quantitative estimate of drug-likeness (QED) is 0.919. The van der Waals surface area contributed by atoms with Crippen molar-refractivity contribution in [2.45, 2.75) is 33.7 Å². The van der Waals surface area contributed by atoms with Crippen LogP contribution in [0.3, 0.4) is 0 Å². The molecule has 0 unspecified atom stereocenters. The lowest BCUT2D eigenvalue weighted by atomic mass is 10.1. The van der Waals surface area contributed by atoms with Gasteiger partial charge in [0.2, 0.25) is 0 Å². The van der Waals surface area contributed by atoms with Crippen molar-refractivity contribution in [3.8, 4) is 0 Å². The SMILES string of the molecule is CCc1nn(C)c(CNc2cccc(C)c2C)c1Cl. The molecule has 3 nitrogen and oxygen atoms in total. The molecule has 0 spiro atoms. The fraction of sp³-hybridized carbons (Fsp3) is 0.400. The lowest BCUT2D eigenvalue weighted by molar-refractivity contribution is 0.707. The molecule has 4 heteroatoms. The van der Waals surface area contributed by atoms with Gasteiger partial charge in [-0.2, -0.15) is 5.10 Å². The van der Waals surface area contributed by atoms with E-state index in [1.54, 1.807) is 0 Å². The van der Waals surface area contributed by atoms with E-state index >= 15 is 0 Å². The van der Waals surface area contributed by atoms with Crippen molar-refractivity contribution in [3.05, 3.63) is 45.7 Å². The molecule has 102 valence electrons. The molecule has 2 rings (SSSR count). The Hall–Kier alpha value is -1.48. The second kappa shape index (κ2) is 5.66. The Labute approximate surface area is 119 Å².